The Bertz CT molecular complexity index is 464. The van der Waals surface area contributed by atoms with Crippen molar-refractivity contribution in [1.29, 1.82) is 0 Å². The van der Waals surface area contributed by atoms with Crippen LogP contribution in [0.5, 0.6) is 5.75 Å². The molecule has 0 aliphatic carbocycles. The monoisotopic (exact) mass is 280 g/mol. The summed E-state index contributed by atoms with van der Waals surface area (Å²) >= 11 is 1.83. The maximum absolute atomic E-state index is 12.3. The lowest BCUT2D eigenvalue weighted by molar-refractivity contribution is 0.0988. The van der Waals surface area contributed by atoms with Gasteiger partial charge in [0.1, 0.15) is 5.75 Å². The minimum atomic E-state index is 0.236. The van der Waals surface area contributed by atoms with Crippen molar-refractivity contribution in [3.8, 4) is 5.75 Å². The van der Waals surface area contributed by atoms with Crippen LogP contribution in [0, 0.1) is 20.8 Å². The second kappa shape index (κ2) is 6.99. The molecule has 0 spiro atoms. The zero-order valence-electron chi connectivity index (χ0n) is 12.8. The van der Waals surface area contributed by atoms with Crippen molar-refractivity contribution in [2.24, 2.45) is 0 Å². The lowest BCUT2D eigenvalue weighted by Crippen LogP contribution is -2.07. The first-order valence-electron chi connectivity index (χ1n) is 6.68. The maximum Gasteiger partial charge on any atom is 0.163 e. The summed E-state index contributed by atoms with van der Waals surface area (Å²) in [5.41, 5.74) is 4.00. The standard InChI is InChI=1S/C16H24O2S/c1-10(2)19-8-7-15(17)14-9-11(3)16(18-6)13(5)12(14)4/h9-10H,7-8H2,1-6H3. The largest absolute Gasteiger partial charge is 0.496 e. The molecule has 1 aromatic rings. The number of benzene rings is 1. The van der Waals surface area contributed by atoms with E-state index >= 15 is 0 Å². The van der Waals surface area contributed by atoms with E-state index in [0.29, 0.717) is 11.7 Å². The summed E-state index contributed by atoms with van der Waals surface area (Å²) in [5, 5.41) is 0.577. The highest BCUT2D eigenvalue weighted by molar-refractivity contribution is 7.99. The average molecular weight is 280 g/mol. The number of carbonyl (C=O) groups is 1. The molecule has 0 aliphatic rings. The Labute approximate surface area is 120 Å². The zero-order chi connectivity index (χ0) is 14.6. The highest BCUT2D eigenvalue weighted by Gasteiger charge is 2.15. The van der Waals surface area contributed by atoms with Crippen molar-refractivity contribution in [3.05, 3.63) is 28.3 Å². The van der Waals surface area contributed by atoms with Gasteiger partial charge in [-0.15, -0.1) is 0 Å². The molecule has 0 heterocycles. The molecule has 2 nitrogen and oxygen atoms in total. The molecule has 106 valence electrons. The molecule has 3 heteroatoms. The molecule has 0 saturated heterocycles. The summed E-state index contributed by atoms with van der Waals surface area (Å²) in [5.74, 6) is 2.02. The molecular formula is C16H24O2S. The van der Waals surface area contributed by atoms with Crippen molar-refractivity contribution >= 4 is 17.5 Å². The number of hydrogen-bond donors (Lipinski definition) is 0. The molecule has 0 bridgehead atoms. The maximum atomic E-state index is 12.3. The van der Waals surface area contributed by atoms with Crippen molar-refractivity contribution in [2.45, 2.75) is 46.3 Å². The fraction of sp³-hybridized carbons (Fsp3) is 0.562. The highest BCUT2D eigenvalue weighted by atomic mass is 32.2. The van der Waals surface area contributed by atoms with Gasteiger partial charge >= 0.3 is 0 Å². The molecule has 0 aromatic heterocycles. The fourth-order valence-electron chi connectivity index (χ4n) is 2.18. The van der Waals surface area contributed by atoms with E-state index in [-0.39, 0.29) is 5.78 Å². The molecule has 0 saturated carbocycles. The van der Waals surface area contributed by atoms with Crippen LogP contribution in [-0.2, 0) is 0 Å². The average Bonchev–Trinajstić information content (AvgIpc) is 2.33. The summed E-state index contributed by atoms with van der Waals surface area (Å²) in [6, 6.07) is 1.96. The van der Waals surface area contributed by atoms with Gasteiger partial charge < -0.3 is 4.74 Å². The van der Waals surface area contributed by atoms with Crippen molar-refractivity contribution in [1.82, 2.24) is 0 Å². The van der Waals surface area contributed by atoms with Gasteiger partial charge in [-0.3, -0.25) is 4.79 Å². The smallest absolute Gasteiger partial charge is 0.163 e. The molecule has 0 atom stereocenters. The number of rotatable bonds is 6. The number of ether oxygens (including phenoxy) is 1. The van der Waals surface area contributed by atoms with Crippen LogP contribution in [0.2, 0.25) is 0 Å². The van der Waals surface area contributed by atoms with Gasteiger partial charge in [0.2, 0.25) is 0 Å². The van der Waals surface area contributed by atoms with Gasteiger partial charge in [0.05, 0.1) is 7.11 Å². The fourth-order valence-corrected chi connectivity index (χ4v) is 2.96. The Morgan fingerprint density at radius 1 is 1.26 bits per heavy atom. The molecule has 19 heavy (non-hydrogen) atoms. The summed E-state index contributed by atoms with van der Waals surface area (Å²) in [7, 11) is 1.68. The molecule has 0 N–H and O–H groups in total. The van der Waals surface area contributed by atoms with E-state index in [9.17, 15) is 4.79 Å². The quantitative estimate of drug-likeness (QED) is 0.725. The first-order chi connectivity index (χ1) is 8.88. The predicted molar refractivity (Wildman–Crippen MR) is 83.7 cm³/mol. The third-order valence-corrected chi connectivity index (χ3v) is 4.42. The van der Waals surface area contributed by atoms with E-state index in [1.165, 1.54) is 0 Å². The topological polar surface area (TPSA) is 26.3 Å². The van der Waals surface area contributed by atoms with Crippen LogP contribution in [0.15, 0.2) is 6.07 Å². The van der Waals surface area contributed by atoms with E-state index < -0.39 is 0 Å². The number of Topliss-reactive ketones (excluding diaryl/α,β-unsaturated/α-hetero) is 1. The van der Waals surface area contributed by atoms with Gasteiger partial charge in [0.15, 0.2) is 5.78 Å². The van der Waals surface area contributed by atoms with Gasteiger partial charge in [-0.1, -0.05) is 13.8 Å². The Kier molecular flexibility index (Phi) is 5.92. The molecule has 0 fully saturated rings. The molecule has 0 aliphatic heterocycles. The first-order valence-corrected chi connectivity index (χ1v) is 7.73. The third-order valence-electron chi connectivity index (χ3n) is 3.31. The Balaban J connectivity index is 2.92. The van der Waals surface area contributed by atoms with E-state index in [2.05, 4.69) is 13.8 Å². The van der Waals surface area contributed by atoms with Crippen LogP contribution in [0.1, 0.15) is 47.3 Å². The number of hydrogen-bond acceptors (Lipinski definition) is 3. The normalized spacial score (nSPS) is 10.9. The highest BCUT2D eigenvalue weighted by Crippen LogP contribution is 2.29. The van der Waals surface area contributed by atoms with Crippen LogP contribution < -0.4 is 4.74 Å². The van der Waals surface area contributed by atoms with Gasteiger partial charge in [0.25, 0.3) is 0 Å². The Hall–Kier alpha value is -0.960. The van der Waals surface area contributed by atoms with Gasteiger partial charge in [0, 0.05) is 17.7 Å². The number of carbonyl (C=O) groups excluding carboxylic acids is 1. The molecule has 1 rings (SSSR count). The van der Waals surface area contributed by atoms with Crippen LogP contribution in [-0.4, -0.2) is 23.9 Å². The van der Waals surface area contributed by atoms with Crippen LogP contribution in [0.3, 0.4) is 0 Å². The summed E-state index contributed by atoms with van der Waals surface area (Å²) in [6.45, 7) is 10.3. The van der Waals surface area contributed by atoms with Crippen LogP contribution in [0.25, 0.3) is 0 Å². The molecule has 1 aromatic carbocycles. The molecule has 0 radical (unpaired) electrons. The number of ketones is 1. The molecule has 0 amide bonds. The van der Waals surface area contributed by atoms with Gasteiger partial charge in [-0.2, -0.15) is 11.8 Å². The Morgan fingerprint density at radius 2 is 1.89 bits per heavy atom. The van der Waals surface area contributed by atoms with Crippen LogP contribution >= 0.6 is 11.8 Å². The zero-order valence-corrected chi connectivity index (χ0v) is 13.6. The molecule has 0 unspecified atom stereocenters. The third kappa shape index (κ3) is 4.00. The SMILES string of the molecule is COc1c(C)cc(C(=O)CCSC(C)C)c(C)c1C. The van der Waals surface area contributed by atoms with Crippen molar-refractivity contribution in [3.63, 3.8) is 0 Å². The first kappa shape index (κ1) is 16.1. The van der Waals surface area contributed by atoms with E-state index in [1.54, 1.807) is 7.11 Å². The summed E-state index contributed by atoms with van der Waals surface area (Å²) < 4.78 is 5.39. The predicted octanol–water partition coefficient (Wildman–Crippen LogP) is 4.33. The van der Waals surface area contributed by atoms with E-state index in [1.807, 2.05) is 38.6 Å². The summed E-state index contributed by atoms with van der Waals surface area (Å²) in [4.78, 5) is 12.3. The van der Waals surface area contributed by atoms with Gasteiger partial charge in [-0.05, 0) is 48.8 Å². The number of thioether (sulfide) groups is 1. The minimum absolute atomic E-state index is 0.236. The molecular weight excluding hydrogens is 256 g/mol. The second-order valence-electron chi connectivity index (χ2n) is 5.12. The number of methoxy groups -OCH3 is 1. The lowest BCUT2D eigenvalue weighted by atomic mass is 9.95. The van der Waals surface area contributed by atoms with E-state index in [0.717, 1.165) is 33.8 Å². The van der Waals surface area contributed by atoms with Crippen LogP contribution in [0.4, 0.5) is 0 Å². The lowest BCUT2D eigenvalue weighted by Gasteiger charge is -2.15. The number of aryl methyl sites for hydroxylation is 1. The van der Waals surface area contributed by atoms with Crippen molar-refractivity contribution < 1.29 is 9.53 Å². The van der Waals surface area contributed by atoms with Gasteiger partial charge in [-0.25, -0.2) is 0 Å². The second-order valence-corrected chi connectivity index (χ2v) is 6.80. The van der Waals surface area contributed by atoms with Crippen molar-refractivity contribution in [2.75, 3.05) is 12.9 Å². The summed E-state index contributed by atoms with van der Waals surface area (Å²) in [6.07, 6.45) is 0.606. The minimum Gasteiger partial charge on any atom is -0.496 e. The Morgan fingerprint density at radius 3 is 2.42 bits per heavy atom. The van der Waals surface area contributed by atoms with E-state index in [4.69, 9.17) is 4.74 Å².